The SMILES string of the molecule is CCCCN(CCO)Cc1nc(-c2cccnc2)no1. The predicted molar refractivity (Wildman–Crippen MR) is 74.8 cm³/mol. The summed E-state index contributed by atoms with van der Waals surface area (Å²) in [7, 11) is 0. The molecule has 0 aliphatic heterocycles. The standard InChI is InChI=1S/C14H20N4O2/c1-2-3-7-18(8-9-19)11-13-16-14(17-20-13)12-5-4-6-15-10-12/h4-6,10,19H,2-3,7-9,11H2,1H3. The van der Waals surface area contributed by atoms with Crippen molar-refractivity contribution < 1.29 is 9.63 Å². The first-order valence-corrected chi connectivity index (χ1v) is 6.89. The third-order valence-electron chi connectivity index (χ3n) is 2.99. The van der Waals surface area contributed by atoms with Gasteiger partial charge in [0.2, 0.25) is 11.7 Å². The van der Waals surface area contributed by atoms with E-state index in [4.69, 9.17) is 9.63 Å². The van der Waals surface area contributed by atoms with Crippen LogP contribution in [0.3, 0.4) is 0 Å². The summed E-state index contributed by atoms with van der Waals surface area (Å²) in [6.45, 7) is 4.37. The minimum absolute atomic E-state index is 0.132. The van der Waals surface area contributed by atoms with Crippen LogP contribution in [0.25, 0.3) is 11.4 Å². The highest BCUT2D eigenvalue weighted by Crippen LogP contribution is 2.14. The molecule has 0 aromatic carbocycles. The van der Waals surface area contributed by atoms with E-state index in [1.807, 2.05) is 12.1 Å². The van der Waals surface area contributed by atoms with Crippen LogP contribution in [0.5, 0.6) is 0 Å². The average molecular weight is 276 g/mol. The maximum absolute atomic E-state index is 9.08. The average Bonchev–Trinajstić information content (AvgIpc) is 2.94. The highest BCUT2D eigenvalue weighted by Gasteiger charge is 2.12. The van der Waals surface area contributed by atoms with Crippen molar-refractivity contribution in [1.82, 2.24) is 20.0 Å². The Morgan fingerprint density at radius 3 is 2.95 bits per heavy atom. The van der Waals surface area contributed by atoms with Crippen molar-refractivity contribution >= 4 is 0 Å². The molecule has 6 nitrogen and oxygen atoms in total. The van der Waals surface area contributed by atoms with E-state index in [1.54, 1.807) is 12.4 Å². The molecule has 6 heteroatoms. The van der Waals surface area contributed by atoms with Gasteiger partial charge in [-0.1, -0.05) is 18.5 Å². The number of aromatic nitrogens is 3. The Labute approximate surface area is 118 Å². The van der Waals surface area contributed by atoms with Gasteiger partial charge in [-0.05, 0) is 25.1 Å². The van der Waals surface area contributed by atoms with Crippen LogP contribution in [0.4, 0.5) is 0 Å². The third-order valence-corrected chi connectivity index (χ3v) is 2.99. The summed E-state index contributed by atoms with van der Waals surface area (Å²) in [5, 5.41) is 13.0. The number of hydrogen-bond acceptors (Lipinski definition) is 6. The summed E-state index contributed by atoms with van der Waals surface area (Å²) in [5.41, 5.74) is 0.838. The summed E-state index contributed by atoms with van der Waals surface area (Å²) in [6, 6.07) is 3.73. The summed E-state index contributed by atoms with van der Waals surface area (Å²) < 4.78 is 5.26. The molecule has 2 aromatic rings. The van der Waals surface area contributed by atoms with E-state index in [2.05, 4.69) is 26.9 Å². The maximum atomic E-state index is 9.08. The van der Waals surface area contributed by atoms with Crippen molar-refractivity contribution in [2.24, 2.45) is 0 Å². The smallest absolute Gasteiger partial charge is 0.241 e. The second-order valence-corrected chi connectivity index (χ2v) is 4.61. The highest BCUT2D eigenvalue weighted by atomic mass is 16.5. The lowest BCUT2D eigenvalue weighted by atomic mass is 10.3. The van der Waals surface area contributed by atoms with E-state index in [1.165, 1.54) is 0 Å². The molecular weight excluding hydrogens is 256 g/mol. The predicted octanol–water partition coefficient (Wildman–Crippen LogP) is 1.73. The molecule has 1 N–H and O–H groups in total. The number of pyridine rings is 1. The van der Waals surface area contributed by atoms with Crippen LogP contribution in [0.1, 0.15) is 25.7 Å². The molecule has 0 bridgehead atoms. The molecular formula is C14H20N4O2. The molecule has 0 saturated heterocycles. The molecule has 0 saturated carbocycles. The van der Waals surface area contributed by atoms with Crippen molar-refractivity contribution in [2.45, 2.75) is 26.3 Å². The van der Waals surface area contributed by atoms with Crippen LogP contribution in [0.15, 0.2) is 29.0 Å². The van der Waals surface area contributed by atoms with E-state index < -0.39 is 0 Å². The summed E-state index contributed by atoms with van der Waals surface area (Å²) in [4.78, 5) is 10.5. The summed E-state index contributed by atoms with van der Waals surface area (Å²) in [6.07, 6.45) is 5.62. The number of unbranched alkanes of at least 4 members (excludes halogenated alkanes) is 1. The number of rotatable bonds is 8. The molecule has 0 fully saturated rings. The van der Waals surface area contributed by atoms with Gasteiger partial charge < -0.3 is 9.63 Å². The van der Waals surface area contributed by atoms with Crippen molar-refractivity contribution in [1.29, 1.82) is 0 Å². The molecule has 108 valence electrons. The van der Waals surface area contributed by atoms with Crippen LogP contribution in [-0.2, 0) is 6.54 Å². The van der Waals surface area contributed by atoms with Gasteiger partial charge in [0.05, 0.1) is 13.2 Å². The molecule has 20 heavy (non-hydrogen) atoms. The van der Waals surface area contributed by atoms with Gasteiger partial charge in [0.1, 0.15) is 0 Å². The van der Waals surface area contributed by atoms with Gasteiger partial charge in [-0.15, -0.1) is 0 Å². The van der Waals surface area contributed by atoms with E-state index in [-0.39, 0.29) is 6.61 Å². The molecule has 2 aromatic heterocycles. The van der Waals surface area contributed by atoms with E-state index in [0.29, 0.717) is 24.8 Å². The van der Waals surface area contributed by atoms with Crippen LogP contribution >= 0.6 is 0 Å². The Morgan fingerprint density at radius 1 is 1.35 bits per heavy atom. The van der Waals surface area contributed by atoms with E-state index >= 15 is 0 Å². The molecule has 0 atom stereocenters. The van der Waals surface area contributed by atoms with Crippen molar-refractivity contribution in [3.8, 4) is 11.4 Å². The summed E-state index contributed by atoms with van der Waals surface area (Å²) >= 11 is 0. The normalized spacial score (nSPS) is 11.2. The first kappa shape index (κ1) is 14.6. The van der Waals surface area contributed by atoms with Crippen LogP contribution < -0.4 is 0 Å². The quantitative estimate of drug-likeness (QED) is 0.791. The molecule has 2 heterocycles. The fraction of sp³-hybridized carbons (Fsp3) is 0.500. The van der Waals surface area contributed by atoms with Crippen molar-refractivity contribution in [3.05, 3.63) is 30.4 Å². The van der Waals surface area contributed by atoms with Gasteiger partial charge in [0, 0.05) is 24.5 Å². The number of aliphatic hydroxyl groups is 1. The zero-order chi connectivity index (χ0) is 14.2. The lowest BCUT2D eigenvalue weighted by Gasteiger charge is -2.18. The number of nitrogens with zero attached hydrogens (tertiary/aromatic N) is 4. The molecule has 2 rings (SSSR count). The van der Waals surface area contributed by atoms with Gasteiger partial charge in [-0.2, -0.15) is 4.98 Å². The van der Waals surface area contributed by atoms with Crippen molar-refractivity contribution in [3.63, 3.8) is 0 Å². The zero-order valence-corrected chi connectivity index (χ0v) is 11.7. The van der Waals surface area contributed by atoms with Crippen molar-refractivity contribution in [2.75, 3.05) is 19.7 Å². The largest absolute Gasteiger partial charge is 0.395 e. The van der Waals surface area contributed by atoms with E-state index in [9.17, 15) is 0 Å². The number of aliphatic hydroxyl groups excluding tert-OH is 1. The lowest BCUT2D eigenvalue weighted by molar-refractivity contribution is 0.172. The van der Waals surface area contributed by atoms with Gasteiger partial charge in [-0.25, -0.2) is 0 Å². The summed E-state index contributed by atoms with van der Waals surface area (Å²) in [5.74, 6) is 1.11. The monoisotopic (exact) mass is 276 g/mol. The second kappa shape index (κ2) is 7.72. The molecule has 0 radical (unpaired) electrons. The fourth-order valence-corrected chi connectivity index (χ4v) is 1.92. The van der Waals surface area contributed by atoms with Crippen LogP contribution in [-0.4, -0.2) is 44.8 Å². The molecule has 0 aliphatic carbocycles. The fourth-order valence-electron chi connectivity index (χ4n) is 1.92. The Balaban J connectivity index is 2.00. The lowest BCUT2D eigenvalue weighted by Crippen LogP contribution is -2.27. The van der Waals surface area contributed by atoms with Gasteiger partial charge in [0.25, 0.3) is 0 Å². The number of hydrogen-bond donors (Lipinski definition) is 1. The van der Waals surface area contributed by atoms with Gasteiger partial charge >= 0.3 is 0 Å². The topological polar surface area (TPSA) is 75.3 Å². The Hall–Kier alpha value is -1.79. The van der Waals surface area contributed by atoms with Crippen LogP contribution in [0.2, 0.25) is 0 Å². The minimum atomic E-state index is 0.132. The molecule has 0 amide bonds. The first-order chi connectivity index (χ1) is 9.83. The van der Waals surface area contributed by atoms with Gasteiger partial charge in [-0.3, -0.25) is 9.88 Å². The van der Waals surface area contributed by atoms with Gasteiger partial charge in [0.15, 0.2) is 0 Å². The van der Waals surface area contributed by atoms with Crippen LogP contribution in [0, 0.1) is 0 Å². The maximum Gasteiger partial charge on any atom is 0.241 e. The zero-order valence-electron chi connectivity index (χ0n) is 11.7. The Bertz CT molecular complexity index is 501. The third kappa shape index (κ3) is 4.11. The minimum Gasteiger partial charge on any atom is -0.395 e. The Morgan fingerprint density at radius 2 is 2.25 bits per heavy atom. The highest BCUT2D eigenvalue weighted by molar-refractivity contribution is 5.51. The van der Waals surface area contributed by atoms with E-state index in [0.717, 1.165) is 24.9 Å². The Kier molecular flexibility index (Phi) is 5.64. The molecule has 0 aliphatic rings. The molecule has 0 spiro atoms. The first-order valence-electron chi connectivity index (χ1n) is 6.89. The second-order valence-electron chi connectivity index (χ2n) is 4.61. The molecule has 0 unspecified atom stereocenters.